The molecule has 0 aliphatic rings. The van der Waals surface area contributed by atoms with Gasteiger partial charge in [-0.1, -0.05) is 11.6 Å². The Bertz CT molecular complexity index is 396. The fraction of sp³-hybridized carbons (Fsp3) is 0.222. The zero-order valence-electron chi connectivity index (χ0n) is 7.98. The Morgan fingerprint density at radius 2 is 2.47 bits per heavy atom. The summed E-state index contributed by atoms with van der Waals surface area (Å²) in [7, 11) is 0. The Kier molecular flexibility index (Phi) is 4.03. The Hall–Kier alpha value is -1.64. The number of hydrogen-bond donors (Lipinski definition) is 2. The number of aliphatic imine (C=N–C) groups is 1. The monoisotopic (exact) mass is 224 g/mol. The molecule has 0 bridgehead atoms. The number of nitriles is 1. The van der Waals surface area contributed by atoms with E-state index >= 15 is 0 Å². The molecular formula is C9H9ClN4O. The van der Waals surface area contributed by atoms with Crippen molar-refractivity contribution in [1.82, 2.24) is 10.3 Å². The lowest BCUT2D eigenvalue weighted by Crippen LogP contribution is -2.14. The lowest BCUT2D eigenvalue weighted by Gasteiger charge is -2.06. The summed E-state index contributed by atoms with van der Waals surface area (Å²) in [6.07, 6.45) is 2.09. The van der Waals surface area contributed by atoms with Gasteiger partial charge in [0.15, 0.2) is 12.4 Å². The van der Waals surface area contributed by atoms with Crippen LogP contribution in [-0.4, -0.2) is 15.9 Å². The SMILES string of the molecule is C/C(=N\C(O)c1ccc(Cl)nc1)NC#N. The van der Waals surface area contributed by atoms with Gasteiger partial charge in [0, 0.05) is 11.8 Å². The molecule has 0 radical (unpaired) electrons. The molecule has 0 amide bonds. The zero-order chi connectivity index (χ0) is 11.3. The smallest absolute Gasteiger partial charge is 0.182 e. The minimum atomic E-state index is -1.05. The number of amidine groups is 1. The van der Waals surface area contributed by atoms with Crippen LogP contribution in [0, 0.1) is 11.5 Å². The van der Waals surface area contributed by atoms with Crippen molar-refractivity contribution in [2.45, 2.75) is 13.2 Å². The Morgan fingerprint density at radius 3 is 3.00 bits per heavy atom. The first kappa shape index (κ1) is 11.4. The summed E-state index contributed by atoms with van der Waals surface area (Å²) in [4.78, 5) is 7.63. The van der Waals surface area contributed by atoms with Crippen LogP contribution < -0.4 is 5.32 Å². The third-order valence-electron chi connectivity index (χ3n) is 1.60. The lowest BCUT2D eigenvalue weighted by molar-refractivity contribution is 0.188. The number of hydrogen-bond acceptors (Lipinski definition) is 4. The maximum absolute atomic E-state index is 9.59. The number of aliphatic hydroxyl groups is 1. The van der Waals surface area contributed by atoms with E-state index < -0.39 is 6.23 Å². The minimum Gasteiger partial charge on any atom is -0.368 e. The van der Waals surface area contributed by atoms with Crippen LogP contribution in [0.2, 0.25) is 5.15 Å². The third kappa shape index (κ3) is 3.54. The first-order chi connectivity index (χ1) is 7.13. The van der Waals surface area contributed by atoms with Gasteiger partial charge in [-0.25, -0.2) is 9.98 Å². The van der Waals surface area contributed by atoms with Crippen molar-refractivity contribution in [2.24, 2.45) is 4.99 Å². The van der Waals surface area contributed by atoms with Crippen LogP contribution in [-0.2, 0) is 0 Å². The van der Waals surface area contributed by atoms with Crippen molar-refractivity contribution in [3.8, 4) is 6.19 Å². The standard InChI is InChI=1S/C9H9ClN4O/c1-6(13-5-11)14-9(15)7-2-3-8(10)12-4-7/h2-4,9,15H,1H3,(H,13,14). The molecule has 0 aromatic carbocycles. The van der Waals surface area contributed by atoms with E-state index in [9.17, 15) is 5.11 Å². The summed E-state index contributed by atoms with van der Waals surface area (Å²) in [5.74, 6) is 0.333. The number of rotatable bonds is 2. The highest BCUT2D eigenvalue weighted by atomic mass is 35.5. The third-order valence-corrected chi connectivity index (χ3v) is 1.82. The first-order valence-corrected chi connectivity index (χ1v) is 4.50. The number of nitrogens with one attached hydrogen (secondary N) is 1. The maximum atomic E-state index is 9.59. The number of aromatic nitrogens is 1. The summed E-state index contributed by atoms with van der Waals surface area (Å²) in [5.41, 5.74) is 0.512. The van der Waals surface area contributed by atoms with Crippen LogP contribution in [0.25, 0.3) is 0 Å². The van der Waals surface area contributed by atoms with E-state index in [1.165, 1.54) is 6.20 Å². The fourth-order valence-electron chi connectivity index (χ4n) is 0.911. The van der Waals surface area contributed by atoms with Gasteiger partial charge in [-0.05, 0) is 19.1 Å². The zero-order valence-corrected chi connectivity index (χ0v) is 8.73. The molecule has 0 aliphatic heterocycles. The summed E-state index contributed by atoms with van der Waals surface area (Å²) < 4.78 is 0. The molecule has 0 aliphatic carbocycles. The van der Waals surface area contributed by atoms with Crippen molar-refractivity contribution in [2.75, 3.05) is 0 Å². The molecular weight excluding hydrogens is 216 g/mol. The van der Waals surface area contributed by atoms with Gasteiger partial charge in [0.05, 0.1) is 0 Å². The van der Waals surface area contributed by atoms with E-state index in [4.69, 9.17) is 16.9 Å². The van der Waals surface area contributed by atoms with Gasteiger partial charge in [0.2, 0.25) is 0 Å². The van der Waals surface area contributed by atoms with Crippen molar-refractivity contribution in [1.29, 1.82) is 5.26 Å². The average molecular weight is 225 g/mol. The quantitative estimate of drug-likeness (QED) is 0.260. The van der Waals surface area contributed by atoms with Crippen molar-refractivity contribution in [3.63, 3.8) is 0 Å². The molecule has 5 nitrogen and oxygen atoms in total. The number of nitrogens with zero attached hydrogens (tertiary/aromatic N) is 3. The Morgan fingerprint density at radius 1 is 1.73 bits per heavy atom. The van der Waals surface area contributed by atoms with Gasteiger partial charge in [0.1, 0.15) is 11.0 Å². The molecule has 78 valence electrons. The molecule has 6 heteroatoms. The first-order valence-electron chi connectivity index (χ1n) is 4.12. The van der Waals surface area contributed by atoms with Crippen LogP contribution in [0.15, 0.2) is 23.3 Å². The molecule has 1 unspecified atom stereocenters. The fourth-order valence-corrected chi connectivity index (χ4v) is 1.02. The van der Waals surface area contributed by atoms with Crippen molar-refractivity contribution in [3.05, 3.63) is 29.0 Å². The van der Waals surface area contributed by atoms with Gasteiger partial charge in [0.25, 0.3) is 0 Å². The molecule has 0 saturated carbocycles. The summed E-state index contributed by atoms with van der Waals surface area (Å²) in [6.45, 7) is 1.58. The summed E-state index contributed by atoms with van der Waals surface area (Å²) >= 11 is 5.59. The number of halogens is 1. The number of pyridine rings is 1. The van der Waals surface area contributed by atoms with Crippen LogP contribution in [0.5, 0.6) is 0 Å². The van der Waals surface area contributed by atoms with E-state index in [0.717, 1.165) is 0 Å². The van der Waals surface area contributed by atoms with Crippen molar-refractivity contribution >= 4 is 17.4 Å². The van der Waals surface area contributed by atoms with Gasteiger partial charge < -0.3 is 5.11 Å². The molecule has 0 fully saturated rings. The van der Waals surface area contributed by atoms with Gasteiger partial charge in [-0.15, -0.1) is 0 Å². The minimum absolute atomic E-state index is 0.333. The highest BCUT2D eigenvalue weighted by Crippen LogP contribution is 2.14. The van der Waals surface area contributed by atoms with Gasteiger partial charge in [-0.3, -0.25) is 5.32 Å². The Labute approximate surface area is 92.0 Å². The van der Waals surface area contributed by atoms with Crippen LogP contribution in [0.1, 0.15) is 18.7 Å². The molecule has 1 rings (SSSR count). The van der Waals surface area contributed by atoms with Crippen LogP contribution >= 0.6 is 11.6 Å². The topological polar surface area (TPSA) is 81.3 Å². The molecule has 1 heterocycles. The predicted octanol–water partition coefficient (Wildman–Crippen LogP) is 1.21. The Balaban J connectivity index is 2.77. The van der Waals surface area contributed by atoms with Crippen molar-refractivity contribution < 1.29 is 5.11 Å². The highest BCUT2D eigenvalue weighted by Gasteiger charge is 2.05. The second-order valence-corrected chi connectivity index (χ2v) is 3.13. The molecule has 0 saturated heterocycles. The van der Waals surface area contributed by atoms with Crippen LogP contribution in [0.4, 0.5) is 0 Å². The van der Waals surface area contributed by atoms with E-state index in [0.29, 0.717) is 16.6 Å². The summed E-state index contributed by atoms with van der Waals surface area (Å²) in [5, 5.41) is 20.5. The predicted molar refractivity (Wildman–Crippen MR) is 56.1 cm³/mol. The average Bonchev–Trinajstić information content (AvgIpc) is 2.18. The molecule has 2 N–H and O–H groups in total. The molecule has 1 atom stereocenters. The lowest BCUT2D eigenvalue weighted by atomic mass is 10.2. The molecule has 0 spiro atoms. The van der Waals surface area contributed by atoms with Crippen LogP contribution in [0.3, 0.4) is 0 Å². The second-order valence-electron chi connectivity index (χ2n) is 2.74. The molecule has 15 heavy (non-hydrogen) atoms. The van der Waals surface area contributed by atoms with E-state index in [2.05, 4.69) is 15.3 Å². The maximum Gasteiger partial charge on any atom is 0.182 e. The van der Waals surface area contributed by atoms with Gasteiger partial charge >= 0.3 is 0 Å². The van der Waals surface area contributed by atoms with E-state index in [1.54, 1.807) is 25.2 Å². The number of aliphatic hydroxyl groups excluding tert-OH is 1. The largest absolute Gasteiger partial charge is 0.368 e. The summed E-state index contributed by atoms with van der Waals surface area (Å²) in [6, 6.07) is 3.17. The van der Waals surface area contributed by atoms with E-state index in [1.807, 2.05) is 0 Å². The van der Waals surface area contributed by atoms with Gasteiger partial charge in [-0.2, -0.15) is 5.26 Å². The highest BCUT2D eigenvalue weighted by molar-refractivity contribution is 6.29. The second kappa shape index (κ2) is 5.29. The molecule has 1 aromatic rings. The molecule has 1 aromatic heterocycles. The normalized spacial score (nSPS) is 13.1. The van der Waals surface area contributed by atoms with E-state index in [-0.39, 0.29) is 0 Å².